The fourth-order valence-corrected chi connectivity index (χ4v) is 2.77. The van der Waals surface area contributed by atoms with Gasteiger partial charge in [-0.05, 0) is 42.8 Å². The van der Waals surface area contributed by atoms with Crippen molar-refractivity contribution in [1.29, 1.82) is 0 Å². The number of aromatic nitrogens is 2. The summed E-state index contributed by atoms with van der Waals surface area (Å²) in [4.78, 5) is 30.9. The van der Waals surface area contributed by atoms with Gasteiger partial charge >= 0.3 is 5.69 Å². The molecule has 138 valence electrons. The summed E-state index contributed by atoms with van der Waals surface area (Å²) in [5.41, 5.74) is -0.416. The van der Waals surface area contributed by atoms with Gasteiger partial charge in [-0.2, -0.15) is 0 Å². The van der Waals surface area contributed by atoms with E-state index in [1.165, 1.54) is 18.2 Å². The molecule has 0 radical (unpaired) electrons. The molecule has 8 heteroatoms. The molecule has 3 rings (SSSR count). The van der Waals surface area contributed by atoms with Crippen LogP contribution in [0.2, 0.25) is 5.02 Å². The summed E-state index contributed by atoms with van der Waals surface area (Å²) in [6.07, 6.45) is 0. The van der Waals surface area contributed by atoms with Crippen molar-refractivity contribution in [2.45, 2.75) is 13.5 Å². The maximum Gasteiger partial charge on any atom is 0.335 e. The minimum Gasteiger partial charge on any atom is -0.493 e. The molecule has 0 fully saturated rings. The lowest BCUT2D eigenvalue weighted by atomic mass is 10.2. The fraction of sp³-hybridized carbons (Fsp3) is 0.105. The van der Waals surface area contributed by atoms with Crippen molar-refractivity contribution in [1.82, 2.24) is 9.55 Å². The average molecular weight is 388 g/mol. The topological polar surface area (TPSA) is 87.4 Å². The highest BCUT2D eigenvalue weighted by Crippen LogP contribution is 2.20. The summed E-state index contributed by atoms with van der Waals surface area (Å²) in [5, 5.41) is 10.9. The number of hydrogen-bond acceptors (Lipinski definition) is 4. The second-order valence-corrected chi connectivity index (χ2v) is 6.24. The summed E-state index contributed by atoms with van der Waals surface area (Å²) in [6.45, 7) is 1.72. The van der Waals surface area contributed by atoms with Gasteiger partial charge in [-0.25, -0.2) is 13.8 Å². The third-order valence-corrected chi connectivity index (χ3v) is 4.16. The molecule has 0 amide bonds. The minimum atomic E-state index is -0.796. The van der Waals surface area contributed by atoms with E-state index in [-0.39, 0.29) is 23.6 Å². The number of aromatic hydroxyl groups is 1. The monoisotopic (exact) mass is 387 g/mol. The van der Waals surface area contributed by atoms with Gasteiger partial charge in [0.25, 0.3) is 5.56 Å². The Morgan fingerprint density at radius 1 is 1.22 bits per heavy atom. The molecule has 6 nitrogen and oxygen atoms in total. The van der Waals surface area contributed by atoms with Crippen LogP contribution in [0.4, 0.5) is 4.39 Å². The van der Waals surface area contributed by atoms with Gasteiger partial charge in [-0.3, -0.25) is 14.8 Å². The molecular formula is C19H15ClFN3O3. The number of aromatic amines is 1. The van der Waals surface area contributed by atoms with Crippen LogP contribution in [0.25, 0.3) is 5.69 Å². The normalized spacial score (nSPS) is 11.6. The molecule has 2 N–H and O–H groups in total. The van der Waals surface area contributed by atoms with Crippen LogP contribution in [0.5, 0.6) is 5.88 Å². The van der Waals surface area contributed by atoms with Crippen molar-refractivity contribution in [3.05, 3.63) is 91.3 Å². The van der Waals surface area contributed by atoms with Gasteiger partial charge in [0.2, 0.25) is 5.88 Å². The van der Waals surface area contributed by atoms with Gasteiger partial charge in [-0.15, -0.1) is 0 Å². The molecule has 0 aliphatic heterocycles. The van der Waals surface area contributed by atoms with Crippen LogP contribution >= 0.6 is 11.6 Å². The molecule has 1 heterocycles. The lowest BCUT2D eigenvalue weighted by Gasteiger charge is -2.11. The Hall–Kier alpha value is -3.19. The van der Waals surface area contributed by atoms with Crippen molar-refractivity contribution in [3.8, 4) is 11.6 Å². The van der Waals surface area contributed by atoms with E-state index in [9.17, 15) is 19.1 Å². The maximum atomic E-state index is 13.0. The zero-order chi connectivity index (χ0) is 19.6. The number of rotatable bonds is 4. The number of H-pyrrole nitrogens is 1. The van der Waals surface area contributed by atoms with Crippen molar-refractivity contribution >= 4 is 17.3 Å². The molecular weight excluding hydrogens is 373 g/mol. The number of hydrogen-bond donors (Lipinski definition) is 2. The van der Waals surface area contributed by atoms with Crippen LogP contribution in [-0.2, 0) is 6.54 Å². The van der Waals surface area contributed by atoms with E-state index in [1.807, 2.05) is 0 Å². The lowest BCUT2D eigenvalue weighted by molar-refractivity contribution is 0.429. The molecule has 1 aromatic heterocycles. The first kappa shape index (κ1) is 18.6. The van der Waals surface area contributed by atoms with Crippen LogP contribution in [0, 0.1) is 5.82 Å². The van der Waals surface area contributed by atoms with Crippen molar-refractivity contribution < 1.29 is 9.50 Å². The van der Waals surface area contributed by atoms with Gasteiger partial charge < -0.3 is 5.11 Å². The zero-order valence-electron chi connectivity index (χ0n) is 14.2. The highest BCUT2D eigenvalue weighted by Gasteiger charge is 2.18. The first-order chi connectivity index (χ1) is 12.9. The van der Waals surface area contributed by atoms with Crippen LogP contribution in [0.15, 0.2) is 63.1 Å². The van der Waals surface area contributed by atoms with E-state index in [0.29, 0.717) is 10.7 Å². The van der Waals surface area contributed by atoms with Crippen molar-refractivity contribution in [3.63, 3.8) is 0 Å². The van der Waals surface area contributed by atoms with Crippen LogP contribution in [-0.4, -0.2) is 20.4 Å². The Morgan fingerprint density at radius 3 is 2.59 bits per heavy atom. The minimum absolute atomic E-state index is 0.128. The van der Waals surface area contributed by atoms with Gasteiger partial charge in [0.1, 0.15) is 11.4 Å². The molecule has 0 spiro atoms. The summed E-state index contributed by atoms with van der Waals surface area (Å²) >= 11 is 5.94. The van der Waals surface area contributed by atoms with Gasteiger partial charge in [0.15, 0.2) is 0 Å². The standard InChI is InChI=1S/C19H15ClFN3O3/c1-11(22-10-12-5-7-14(21)8-6-12)16-17(25)23-19(27)24(18(16)26)15-4-2-3-13(20)9-15/h2-9,26H,10H2,1H3,(H,23,25,27). The van der Waals surface area contributed by atoms with E-state index in [0.717, 1.165) is 10.1 Å². The molecule has 0 saturated carbocycles. The SMILES string of the molecule is CC(=NCc1ccc(F)cc1)c1c(O)n(-c2cccc(Cl)c2)c(=O)[nH]c1=O. The Labute approximate surface area is 158 Å². The van der Waals surface area contributed by atoms with E-state index in [4.69, 9.17) is 11.6 Å². The highest BCUT2D eigenvalue weighted by atomic mass is 35.5. The summed E-state index contributed by atoms with van der Waals surface area (Å²) < 4.78 is 13.9. The van der Waals surface area contributed by atoms with E-state index >= 15 is 0 Å². The summed E-state index contributed by atoms with van der Waals surface area (Å²) in [5.74, 6) is -0.895. The first-order valence-electron chi connectivity index (χ1n) is 7.97. The van der Waals surface area contributed by atoms with Crippen LogP contribution < -0.4 is 11.2 Å². The Bertz CT molecular complexity index is 1130. The lowest BCUT2D eigenvalue weighted by Crippen LogP contribution is -2.32. The molecule has 0 unspecified atom stereocenters. The second kappa shape index (κ2) is 7.59. The quantitative estimate of drug-likeness (QED) is 0.674. The number of nitrogens with zero attached hydrogens (tertiary/aromatic N) is 2. The molecule has 0 saturated heterocycles. The van der Waals surface area contributed by atoms with Crippen LogP contribution in [0.3, 0.4) is 0 Å². The summed E-state index contributed by atoms with van der Waals surface area (Å²) in [7, 11) is 0. The van der Waals surface area contributed by atoms with Gasteiger partial charge in [-0.1, -0.05) is 29.8 Å². The third-order valence-electron chi connectivity index (χ3n) is 3.93. The fourth-order valence-electron chi connectivity index (χ4n) is 2.58. The Balaban J connectivity index is 2.06. The Kier molecular flexibility index (Phi) is 5.23. The second-order valence-electron chi connectivity index (χ2n) is 5.80. The predicted molar refractivity (Wildman–Crippen MR) is 102 cm³/mol. The molecule has 3 aromatic rings. The molecule has 2 aromatic carbocycles. The number of halogens is 2. The molecule has 27 heavy (non-hydrogen) atoms. The average Bonchev–Trinajstić information content (AvgIpc) is 2.61. The van der Waals surface area contributed by atoms with E-state index in [1.54, 1.807) is 37.3 Å². The Morgan fingerprint density at radius 2 is 1.93 bits per heavy atom. The largest absolute Gasteiger partial charge is 0.493 e. The first-order valence-corrected chi connectivity index (χ1v) is 8.34. The zero-order valence-corrected chi connectivity index (χ0v) is 15.0. The summed E-state index contributed by atoms with van der Waals surface area (Å²) in [6, 6.07) is 12.1. The van der Waals surface area contributed by atoms with Gasteiger partial charge in [0, 0.05) is 5.02 Å². The molecule has 0 bridgehead atoms. The number of benzene rings is 2. The molecule has 0 aliphatic carbocycles. The van der Waals surface area contributed by atoms with E-state index in [2.05, 4.69) is 9.98 Å². The van der Waals surface area contributed by atoms with Crippen molar-refractivity contribution in [2.75, 3.05) is 0 Å². The van der Waals surface area contributed by atoms with E-state index < -0.39 is 17.1 Å². The molecule has 0 atom stereocenters. The van der Waals surface area contributed by atoms with Crippen LogP contribution in [0.1, 0.15) is 18.1 Å². The maximum absolute atomic E-state index is 13.0. The molecule has 0 aliphatic rings. The van der Waals surface area contributed by atoms with Gasteiger partial charge in [0.05, 0.1) is 17.9 Å². The highest BCUT2D eigenvalue weighted by molar-refractivity contribution is 6.30. The number of aliphatic imine (C=N–C) groups is 1. The smallest absolute Gasteiger partial charge is 0.335 e. The third kappa shape index (κ3) is 3.98. The van der Waals surface area contributed by atoms with Crippen molar-refractivity contribution in [2.24, 2.45) is 4.99 Å². The number of nitrogens with one attached hydrogen (secondary N) is 1. The predicted octanol–water partition coefficient (Wildman–Crippen LogP) is 3.03.